The summed E-state index contributed by atoms with van der Waals surface area (Å²) in [6.07, 6.45) is 1.89. The molecular formula is C7H10N4OS2. The monoisotopic (exact) mass is 230 g/mol. The molecule has 0 radical (unpaired) electrons. The van der Waals surface area contributed by atoms with Gasteiger partial charge in [-0.15, -0.1) is 11.8 Å². The van der Waals surface area contributed by atoms with Crippen LogP contribution in [0.3, 0.4) is 0 Å². The molecule has 0 aliphatic carbocycles. The van der Waals surface area contributed by atoms with Crippen LogP contribution >= 0.6 is 24.0 Å². The molecule has 14 heavy (non-hydrogen) atoms. The van der Waals surface area contributed by atoms with E-state index in [-0.39, 0.29) is 10.5 Å². The number of nitrogens with one attached hydrogen (secondary N) is 2. The van der Waals surface area contributed by atoms with Crippen molar-refractivity contribution in [2.75, 3.05) is 12.0 Å². The molecule has 0 unspecified atom stereocenters. The summed E-state index contributed by atoms with van der Waals surface area (Å²) in [6.45, 7) is 1.82. The van der Waals surface area contributed by atoms with Crippen molar-refractivity contribution in [1.29, 1.82) is 0 Å². The third-order valence-corrected chi connectivity index (χ3v) is 2.41. The second kappa shape index (κ2) is 4.43. The number of nitrogens with zero attached hydrogens (tertiary/aromatic N) is 1. The van der Waals surface area contributed by atoms with Gasteiger partial charge in [-0.3, -0.25) is 9.78 Å². The molecule has 7 heteroatoms. The Labute approximate surface area is 89.8 Å². The predicted octanol–water partition coefficient (Wildman–Crippen LogP) is 1.43. The van der Waals surface area contributed by atoms with Gasteiger partial charge in [-0.2, -0.15) is 0 Å². The fourth-order valence-corrected chi connectivity index (χ4v) is 1.15. The molecule has 5 nitrogen and oxygen atoms in total. The Kier molecular flexibility index (Phi) is 3.48. The van der Waals surface area contributed by atoms with Gasteiger partial charge in [-0.05, 0) is 25.4 Å². The van der Waals surface area contributed by atoms with Crippen molar-refractivity contribution in [3.8, 4) is 0 Å². The van der Waals surface area contributed by atoms with Crippen molar-refractivity contribution in [2.45, 2.75) is 6.92 Å². The molecule has 76 valence electrons. The molecule has 1 aromatic rings. The first kappa shape index (κ1) is 11.0. The lowest BCUT2D eigenvalue weighted by molar-refractivity contribution is 1.09. The molecule has 1 heterocycles. The SMILES string of the molecule is CSC(C)=Nc1[nH]c(=S)[nH]c(=O)c1N. The minimum atomic E-state index is -0.415. The average Bonchev–Trinajstić information content (AvgIpc) is 2.13. The van der Waals surface area contributed by atoms with Gasteiger partial charge in [0.25, 0.3) is 5.56 Å². The number of thioether (sulfide) groups is 1. The number of aromatic nitrogens is 2. The molecule has 0 spiro atoms. The van der Waals surface area contributed by atoms with Gasteiger partial charge >= 0.3 is 0 Å². The normalized spacial score (nSPS) is 11.7. The number of anilines is 1. The Bertz CT molecular complexity index is 473. The molecule has 0 saturated carbocycles. The first-order valence-electron chi connectivity index (χ1n) is 3.76. The lowest BCUT2D eigenvalue weighted by Crippen LogP contribution is -2.13. The third kappa shape index (κ3) is 2.46. The summed E-state index contributed by atoms with van der Waals surface area (Å²) in [6, 6.07) is 0. The molecule has 0 aromatic carbocycles. The van der Waals surface area contributed by atoms with Crippen LogP contribution in [0.1, 0.15) is 6.92 Å². The van der Waals surface area contributed by atoms with Gasteiger partial charge in [-0.1, -0.05) is 0 Å². The summed E-state index contributed by atoms with van der Waals surface area (Å²) < 4.78 is 0.219. The summed E-state index contributed by atoms with van der Waals surface area (Å²) in [7, 11) is 0. The average molecular weight is 230 g/mol. The van der Waals surface area contributed by atoms with Crippen LogP contribution in [0.4, 0.5) is 11.5 Å². The highest BCUT2D eigenvalue weighted by Gasteiger charge is 2.02. The van der Waals surface area contributed by atoms with Crippen LogP contribution in [0.5, 0.6) is 0 Å². The first-order chi connectivity index (χ1) is 6.54. The zero-order valence-electron chi connectivity index (χ0n) is 7.75. The van der Waals surface area contributed by atoms with E-state index in [1.807, 2.05) is 13.2 Å². The van der Waals surface area contributed by atoms with Gasteiger partial charge in [0.05, 0.1) is 5.04 Å². The van der Waals surface area contributed by atoms with E-state index in [2.05, 4.69) is 15.0 Å². The van der Waals surface area contributed by atoms with Gasteiger partial charge < -0.3 is 10.7 Å². The molecule has 1 rings (SSSR count). The summed E-state index contributed by atoms with van der Waals surface area (Å²) in [5, 5.41) is 0.799. The lowest BCUT2D eigenvalue weighted by Gasteiger charge is -1.99. The highest BCUT2D eigenvalue weighted by molar-refractivity contribution is 8.13. The van der Waals surface area contributed by atoms with Crippen molar-refractivity contribution in [3.63, 3.8) is 0 Å². The van der Waals surface area contributed by atoms with Gasteiger partial charge in [0.1, 0.15) is 5.69 Å². The predicted molar refractivity (Wildman–Crippen MR) is 62.9 cm³/mol. The standard InChI is InChI=1S/C7H10N4OS2/c1-3(14-2)9-5-4(8)6(12)11-7(13)10-5/h8H2,1-2H3,(H2,10,11,12,13). The molecule has 0 fully saturated rings. The van der Waals surface area contributed by atoms with Crippen molar-refractivity contribution >= 4 is 40.5 Å². The molecule has 0 saturated heterocycles. The molecule has 0 aliphatic rings. The van der Waals surface area contributed by atoms with Crippen LogP contribution in [-0.2, 0) is 0 Å². The maximum Gasteiger partial charge on any atom is 0.277 e. The Hall–Kier alpha value is -1.08. The topological polar surface area (TPSA) is 87.0 Å². The first-order valence-corrected chi connectivity index (χ1v) is 5.39. The molecule has 0 atom stereocenters. The number of aliphatic imine (C=N–C) groups is 1. The molecule has 0 aliphatic heterocycles. The Morgan fingerprint density at radius 1 is 1.57 bits per heavy atom. The second-order valence-corrected chi connectivity index (χ2v) is 3.91. The van der Waals surface area contributed by atoms with Gasteiger partial charge in [0, 0.05) is 0 Å². The third-order valence-electron chi connectivity index (χ3n) is 1.52. The maximum atomic E-state index is 11.2. The van der Waals surface area contributed by atoms with E-state index >= 15 is 0 Å². The fraction of sp³-hybridized carbons (Fsp3) is 0.286. The number of rotatable bonds is 1. The number of nitrogens with two attached hydrogens (primary N) is 1. The van der Waals surface area contributed by atoms with Crippen LogP contribution < -0.4 is 11.3 Å². The minimum absolute atomic E-state index is 0.0481. The van der Waals surface area contributed by atoms with Crippen LogP contribution in [0, 0.1) is 4.77 Å². The highest BCUT2D eigenvalue weighted by atomic mass is 32.2. The zero-order valence-corrected chi connectivity index (χ0v) is 9.38. The molecular weight excluding hydrogens is 220 g/mol. The van der Waals surface area contributed by atoms with Gasteiger partial charge in [-0.25, -0.2) is 4.99 Å². The number of hydrogen-bond donors (Lipinski definition) is 3. The van der Waals surface area contributed by atoms with Crippen molar-refractivity contribution < 1.29 is 0 Å². The minimum Gasteiger partial charge on any atom is -0.391 e. The molecule has 1 aromatic heterocycles. The molecule has 4 N–H and O–H groups in total. The fourth-order valence-electron chi connectivity index (χ4n) is 0.775. The lowest BCUT2D eigenvalue weighted by atomic mass is 10.5. The number of nitrogen functional groups attached to an aromatic ring is 1. The van der Waals surface area contributed by atoms with E-state index in [4.69, 9.17) is 18.0 Å². The van der Waals surface area contributed by atoms with E-state index in [1.165, 1.54) is 11.8 Å². The van der Waals surface area contributed by atoms with Crippen LogP contribution in [0.15, 0.2) is 9.79 Å². The molecule has 0 amide bonds. The Morgan fingerprint density at radius 2 is 2.21 bits per heavy atom. The Morgan fingerprint density at radius 3 is 2.79 bits per heavy atom. The zero-order chi connectivity index (χ0) is 10.7. The van der Waals surface area contributed by atoms with Crippen LogP contribution in [-0.4, -0.2) is 21.3 Å². The summed E-state index contributed by atoms with van der Waals surface area (Å²) in [5.41, 5.74) is 5.15. The van der Waals surface area contributed by atoms with Gasteiger partial charge in [0.15, 0.2) is 10.6 Å². The van der Waals surface area contributed by atoms with E-state index in [0.717, 1.165) is 5.04 Å². The van der Waals surface area contributed by atoms with Crippen molar-refractivity contribution in [3.05, 3.63) is 15.1 Å². The summed E-state index contributed by atoms with van der Waals surface area (Å²) >= 11 is 6.26. The summed E-state index contributed by atoms with van der Waals surface area (Å²) in [4.78, 5) is 20.4. The second-order valence-electron chi connectivity index (χ2n) is 2.51. The van der Waals surface area contributed by atoms with E-state index in [1.54, 1.807) is 0 Å². The number of hydrogen-bond acceptors (Lipinski definition) is 5. The van der Waals surface area contributed by atoms with Crippen molar-refractivity contribution in [2.24, 2.45) is 4.99 Å². The number of aromatic amines is 2. The smallest absolute Gasteiger partial charge is 0.277 e. The quantitative estimate of drug-likeness (QED) is 0.387. The number of H-pyrrole nitrogens is 2. The summed E-state index contributed by atoms with van der Waals surface area (Å²) in [5.74, 6) is 0.311. The van der Waals surface area contributed by atoms with Crippen molar-refractivity contribution in [1.82, 2.24) is 9.97 Å². The maximum absolute atomic E-state index is 11.2. The van der Waals surface area contributed by atoms with E-state index < -0.39 is 5.56 Å². The molecule has 0 bridgehead atoms. The van der Waals surface area contributed by atoms with Crippen LogP contribution in [0.25, 0.3) is 0 Å². The van der Waals surface area contributed by atoms with Crippen LogP contribution in [0.2, 0.25) is 0 Å². The Balaban J connectivity index is 3.35. The van der Waals surface area contributed by atoms with E-state index in [9.17, 15) is 4.79 Å². The largest absolute Gasteiger partial charge is 0.391 e. The van der Waals surface area contributed by atoms with E-state index in [0.29, 0.717) is 5.82 Å². The highest BCUT2D eigenvalue weighted by Crippen LogP contribution is 2.15. The van der Waals surface area contributed by atoms with Gasteiger partial charge in [0.2, 0.25) is 0 Å².